The monoisotopic (exact) mass is 294 g/mol. The lowest BCUT2D eigenvalue weighted by molar-refractivity contribution is 0.259. The average Bonchev–Trinajstić information content (AvgIpc) is 2.91. The summed E-state index contributed by atoms with van der Waals surface area (Å²) in [5.41, 5.74) is 0. The van der Waals surface area contributed by atoms with Crippen molar-refractivity contribution >= 4 is 21.8 Å². The lowest BCUT2D eigenvalue weighted by Gasteiger charge is -2.35. The van der Waals surface area contributed by atoms with Gasteiger partial charge in [-0.05, 0) is 31.6 Å². The van der Waals surface area contributed by atoms with E-state index in [9.17, 15) is 8.42 Å². The Balaban J connectivity index is 1.98. The number of piperidine rings is 1. The first-order chi connectivity index (χ1) is 8.55. The first-order valence-corrected chi connectivity index (χ1v) is 8.78. The molecule has 1 aliphatic heterocycles. The van der Waals surface area contributed by atoms with E-state index in [1.807, 2.05) is 0 Å². The minimum absolute atomic E-state index is 0.209. The topological polar surface area (TPSA) is 40.6 Å². The van der Waals surface area contributed by atoms with Crippen molar-refractivity contribution in [2.24, 2.45) is 5.92 Å². The fraction of sp³-hybridized carbons (Fsp3) is 1.00. The number of hydrogen-bond donors (Lipinski definition) is 0. The molecule has 2 aliphatic rings. The van der Waals surface area contributed by atoms with Crippen molar-refractivity contribution < 1.29 is 8.42 Å². The zero-order valence-corrected chi connectivity index (χ0v) is 12.6. The molecular weight excluding hydrogens is 272 g/mol. The minimum atomic E-state index is -3.25. The zero-order valence-electron chi connectivity index (χ0n) is 11.0. The molecule has 6 heteroatoms. The summed E-state index contributed by atoms with van der Waals surface area (Å²) in [5.74, 6) is 1.13. The molecule has 1 aliphatic carbocycles. The lowest BCUT2D eigenvalue weighted by atomic mass is 10.0. The van der Waals surface area contributed by atoms with Gasteiger partial charge < -0.3 is 0 Å². The number of alkyl halides is 1. The smallest absolute Gasteiger partial charge is 0.195 e. The van der Waals surface area contributed by atoms with E-state index in [0.29, 0.717) is 24.9 Å². The third kappa shape index (κ3) is 3.00. The SMILES string of the molecule is CN(C1CCCC1)S(=O)(=O)N1CCC(CCl)CC1. The van der Waals surface area contributed by atoms with Gasteiger partial charge in [0.15, 0.2) is 0 Å². The third-order valence-corrected chi connectivity index (χ3v) is 6.80. The molecule has 18 heavy (non-hydrogen) atoms. The van der Waals surface area contributed by atoms with Crippen LogP contribution in [-0.2, 0) is 10.2 Å². The number of nitrogens with zero attached hydrogens (tertiary/aromatic N) is 2. The van der Waals surface area contributed by atoms with Crippen LogP contribution >= 0.6 is 11.6 Å². The van der Waals surface area contributed by atoms with Gasteiger partial charge in [0.25, 0.3) is 10.2 Å². The molecule has 2 rings (SSSR count). The van der Waals surface area contributed by atoms with Crippen molar-refractivity contribution in [3.63, 3.8) is 0 Å². The van der Waals surface area contributed by atoms with Crippen molar-refractivity contribution in [1.82, 2.24) is 8.61 Å². The summed E-state index contributed by atoms with van der Waals surface area (Å²) in [7, 11) is -1.52. The van der Waals surface area contributed by atoms with Gasteiger partial charge in [0, 0.05) is 32.1 Å². The largest absolute Gasteiger partial charge is 0.281 e. The summed E-state index contributed by atoms with van der Waals surface area (Å²) < 4.78 is 28.2. The van der Waals surface area contributed by atoms with E-state index in [1.165, 1.54) is 0 Å². The highest BCUT2D eigenvalue weighted by Gasteiger charge is 2.35. The van der Waals surface area contributed by atoms with Gasteiger partial charge >= 0.3 is 0 Å². The maximum absolute atomic E-state index is 12.5. The van der Waals surface area contributed by atoms with Crippen LogP contribution in [0.15, 0.2) is 0 Å². The molecule has 0 aromatic carbocycles. The highest BCUT2D eigenvalue weighted by molar-refractivity contribution is 7.86. The van der Waals surface area contributed by atoms with E-state index in [-0.39, 0.29) is 6.04 Å². The molecule has 0 unspecified atom stereocenters. The molecular formula is C12H23ClN2O2S. The Kier molecular flexibility index (Phi) is 4.92. The van der Waals surface area contributed by atoms with E-state index in [2.05, 4.69) is 0 Å². The second kappa shape index (κ2) is 6.07. The fourth-order valence-electron chi connectivity index (χ4n) is 2.93. The van der Waals surface area contributed by atoms with Crippen LogP contribution in [0, 0.1) is 5.92 Å². The van der Waals surface area contributed by atoms with Crippen molar-refractivity contribution in [2.45, 2.75) is 44.6 Å². The van der Waals surface area contributed by atoms with Crippen LogP contribution in [-0.4, -0.2) is 49.1 Å². The van der Waals surface area contributed by atoms with Crippen molar-refractivity contribution in [1.29, 1.82) is 0 Å². The highest BCUT2D eigenvalue weighted by atomic mass is 35.5. The first kappa shape index (κ1) is 14.6. The van der Waals surface area contributed by atoms with Gasteiger partial charge in [-0.25, -0.2) is 0 Å². The standard InChI is InChI=1S/C12H23ClN2O2S/c1-14(12-4-2-3-5-12)18(16,17)15-8-6-11(10-13)7-9-15/h11-12H,2-10H2,1H3. The van der Waals surface area contributed by atoms with Gasteiger partial charge in [-0.3, -0.25) is 0 Å². The van der Waals surface area contributed by atoms with Crippen LogP contribution < -0.4 is 0 Å². The number of rotatable bonds is 4. The van der Waals surface area contributed by atoms with Gasteiger partial charge in [-0.1, -0.05) is 12.8 Å². The van der Waals surface area contributed by atoms with Crippen LogP contribution in [0.2, 0.25) is 0 Å². The lowest BCUT2D eigenvalue weighted by Crippen LogP contribution is -2.48. The predicted molar refractivity (Wildman–Crippen MR) is 74.0 cm³/mol. The van der Waals surface area contributed by atoms with Crippen molar-refractivity contribution in [2.75, 3.05) is 26.0 Å². The number of halogens is 1. The molecule has 0 atom stereocenters. The predicted octanol–water partition coefficient (Wildman–Crippen LogP) is 2.06. The zero-order chi connectivity index (χ0) is 13.2. The molecule has 2 fully saturated rings. The third-order valence-electron chi connectivity index (χ3n) is 4.32. The Morgan fingerprint density at radius 3 is 2.22 bits per heavy atom. The molecule has 0 aromatic heterocycles. The van der Waals surface area contributed by atoms with E-state index in [4.69, 9.17) is 11.6 Å². The Morgan fingerprint density at radius 1 is 1.17 bits per heavy atom. The molecule has 4 nitrogen and oxygen atoms in total. The summed E-state index contributed by atoms with van der Waals surface area (Å²) in [5, 5.41) is 0. The van der Waals surface area contributed by atoms with Crippen LogP contribution in [0.5, 0.6) is 0 Å². The second-order valence-electron chi connectivity index (χ2n) is 5.46. The van der Waals surface area contributed by atoms with Gasteiger partial charge in [0.1, 0.15) is 0 Å². The Labute approximate surface area is 115 Å². The fourth-order valence-corrected chi connectivity index (χ4v) is 4.87. The van der Waals surface area contributed by atoms with Crippen LogP contribution in [0.1, 0.15) is 38.5 Å². The Morgan fingerprint density at radius 2 is 1.72 bits per heavy atom. The van der Waals surface area contributed by atoms with Crippen molar-refractivity contribution in [3.05, 3.63) is 0 Å². The minimum Gasteiger partial charge on any atom is -0.195 e. The van der Waals surface area contributed by atoms with Crippen LogP contribution in [0.4, 0.5) is 0 Å². The molecule has 0 bridgehead atoms. The van der Waals surface area contributed by atoms with Gasteiger partial charge in [0.05, 0.1) is 0 Å². The van der Waals surface area contributed by atoms with Gasteiger partial charge in [-0.2, -0.15) is 17.0 Å². The molecule has 0 amide bonds. The quantitative estimate of drug-likeness (QED) is 0.745. The molecule has 0 radical (unpaired) electrons. The maximum Gasteiger partial charge on any atom is 0.281 e. The molecule has 0 spiro atoms. The summed E-state index contributed by atoms with van der Waals surface area (Å²) >= 11 is 5.83. The molecule has 1 saturated carbocycles. The highest BCUT2D eigenvalue weighted by Crippen LogP contribution is 2.27. The van der Waals surface area contributed by atoms with Crippen molar-refractivity contribution in [3.8, 4) is 0 Å². The van der Waals surface area contributed by atoms with E-state index in [0.717, 1.165) is 38.5 Å². The average molecular weight is 295 g/mol. The van der Waals surface area contributed by atoms with E-state index in [1.54, 1.807) is 15.7 Å². The molecule has 106 valence electrons. The van der Waals surface area contributed by atoms with E-state index < -0.39 is 10.2 Å². The molecule has 0 aromatic rings. The maximum atomic E-state index is 12.5. The summed E-state index contributed by atoms with van der Waals surface area (Å²) in [6.45, 7) is 1.24. The normalized spacial score (nSPS) is 25.1. The van der Waals surface area contributed by atoms with Gasteiger partial charge in [-0.15, -0.1) is 11.6 Å². The van der Waals surface area contributed by atoms with E-state index >= 15 is 0 Å². The molecule has 1 saturated heterocycles. The van der Waals surface area contributed by atoms with Crippen LogP contribution in [0.25, 0.3) is 0 Å². The summed E-state index contributed by atoms with van der Waals surface area (Å²) in [4.78, 5) is 0. The first-order valence-electron chi connectivity index (χ1n) is 6.84. The Bertz CT molecular complexity index is 360. The number of hydrogen-bond acceptors (Lipinski definition) is 2. The Hall–Kier alpha value is 0.160. The summed E-state index contributed by atoms with van der Waals surface area (Å²) in [6.07, 6.45) is 6.10. The molecule has 1 heterocycles. The van der Waals surface area contributed by atoms with Gasteiger partial charge in [0.2, 0.25) is 0 Å². The molecule has 0 N–H and O–H groups in total. The summed E-state index contributed by atoms with van der Waals surface area (Å²) in [6, 6.07) is 0.209. The second-order valence-corrected chi connectivity index (χ2v) is 7.76. The van der Waals surface area contributed by atoms with Crippen LogP contribution in [0.3, 0.4) is 0 Å².